The second kappa shape index (κ2) is 10.4. The monoisotopic (exact) mass is 210 g/mol. The van der Waals surface area contributed by atoms with Gasteiger partial charge in [-0.25, -0.2) is 0 Å². The first-order valence-corrected chi connectivity index (χ1v) is 5.93. The standard InChI is InChI=1S/C8H19O4P/c1-3-11-13(12-4-2)8-10-7-5-6-9/h9H,3-8H2,1-2H3. The van der Waals surface area contributed by atoms with E-state index in [1.54, 1.807) is 0 Å². The summed E-state index contributed by atoms with van der Waals surface area (Å²) in [5, 5.41) is 8.50. The van der Waals surface area contributed by atoms with Gasteiger partial charge in [-0.1, -0.05) is 0 Å². The van der Waals surface area contributed by atoms with Gasteiger partial charge >= 0.3 is 0 Å². The average Bonchev–Trinajstić information content (AvgIpc) is 2.13. The van der Waals surface area contributed by atoms with Gasteiger partial charge in [-0.2, -0.15) is 0 Å². The summed E-state index contributed by atoms with van der Waals surface area (Å²) in [5.41, 5.74) is 0. The lowest BCUT2D eigenvalue weighted by Gasteiger charge is -2.15. The van der Waals surface area contributed by atoms with Crippen LogP contribution in [-0.4, -0.2) is 37.9 Å². The number of rotatable bonds is 9. The van der Waals surface area contributed by atoms with Crippen LogP contribution in [-0.2, 0) is 13.8 Å². The Hall–Kier alpha value is 0.270. The van der Waals surface area contributed by atoms with Crippen LogP contribution in [0.25, 0.3) is 0 Å². The number of aliphatic hydroxyl groups excluding tert-OH is 1. The largest absolute Gasteiger partial charge is 0.396 e. The predicted molar refractivity (Wildman–Crippen MR) is 52.7 cm³/mol. The van der Waals surface area contributed by atoms with Crippen molar-refractivity contribution in [2.45, 2.75) is 20.3 Å². The summed E-state index contributed by atoms with van der Waals surface area (Å²) in [6, 6.07) is 0. The molecule has 5 heteroatoms. The SMILES string of the molecule is CCOP(COCCCO)OCC. The first kappa shape index (κ1) is 13.3. The van der Waals surface area contributed by atoms with Gasteiger partial charge in [-0.05, 0) is 20.3 Å². The Morgan fingerprint density at radius 2 is 1.77 bits per heavy atom. The quantitative estimate of drug-likeness (QED) is 0.465. The first-order chi connectivity index (χ1) is 6.35. The third-order valence-corrected chi connectivity index (χ3v) is 2.68. The van der Waals surface area contributed by atoms with Crippen LogP contribution >= 0.6 is 8.38 Å². The minimum Gasteiger partial charge on any atom is -0.396 e. The molecule has 0 saturated heterocycles. The van der Waals surface area contributed by atoms with Crippen molar-refractivity contribution in [1.29, 1.82) is 0 Å². The maximum atomic E-state index is 8.50. The van der Waals surface area contributed by atoms with Crippen molar-refractivity contribution < 1.29 is 18.9 Å². The van der Waals surface area contributed by atoms with Gasteiger partial charge in [0.2, 0.25) is 0 Å². The Balaban J connectivity index is 3.33. The molecule has 0 bridgehead atoms. The van der Waals surface area contributed by atoms with Crippen molar-refractivity contribution in [3.8, 4) is 0 Å². The lowest BCUT2D eigenvalue weighted by atomic mass is 10.5. The zero-order valence-electron chi connectivity index (χ0n) is 8.36. The molecule has 0 aliphatic heterocycles. The number of hydrogen-bond acceptors (Lipinski definition) is 4. The molecule has 0 amide bonds. The van der Waals surface area contributed by atoms with Crippen molar-refractivity contribution >= 4 is 8.38 Å². The predicted octanol–water partition coefficient (Wildman–Crippen LogP) is 1.73. The summed E-state index contributed by atoms with van der Waals surface area (Å²) in [5.74, 6) is 0. The Kier molecular flexibility index (Phi) is 10.6. The van der Waals surface area contributed by atoms with Gasteiger partial charge in [-0.3, -0.25) is 0 Å². The molecule has 0 fully saturated rings. The van der Waals surface area contributed by atoms with Crippen molar-refractivity contribution in [1.82, 2.24) is 0 Å². The van der Waals surface area contributed by atoms with E-state index in [2.05, 4.69) is 0 Å². The Bertz CT molecular complexity index is 96.1. The van der Waals surface area contributed by atoms with Crippen LogP contribution in [0.1, 0.15) is 20.3 Å². The maximum absolute atomic E-state index is 8.50. The number of aliphatic hydroxyl groups is 1. The lowest BCUT2D eigenvalue weighted by Crippen LogP contribution is -2.01. The fraction of sp³-hybridized carbons (Fsp3) is 1.00. The summed E-state index contributed by atoms with van der Waals surface area (Å²) < 4.78 is 15.9. The summed E-state index contributed by atoms with van der Waals surface area (Å²) in [6.07, 6.45) is 1.17. The van der Waals surface area contributed by atoms with Crippen LogP contribution < -0.4 is 0 Å². The van der Waals surface area contributed by atoms with Crippen LogP contribution in [0.3, 0.4) is 0 Å². The molecule has 0 aromatic rings. The van der Waals surface area contributed by atoms with E-state index in [0.717, 1.165) is 0 Å². The zero-order chi connectivity index (χ0) is 9.94. The highest BCUT2D eigenvalue weighted by Crippen LogP contribution is 2.37. The van der Waals surface area contributed by atoms with E-state index in [1.165, 1.54) is 0 Å². The van der Waals surface area contributed by atoms with Gasteiger partial charge in [0, 0.05) is 13.2 Å². The van der Waals surface area contributed by atoms with Crippen LogP contribution in [0.4, 0.5) is 0 Å². The molecule has 0 aromatic heterocycles. The second-order valence-electron chi connectivity index (χ2n) is 2.28. The molecule has 1 N–H and O–H groups in total. The van der Waals surface area contributed by atoms with Crippen LogP contribution in [0.5, 0.6) is 0 Å². The van der Waals surface area contributed by atoms with Gasteiger partial charge in [0.1, 0.15) is 6.35 Å². The van der Waals surface area contributed by atoms with Gasteiger partial charge in [0.15, 0.2) is 8.38 Å². The van der Waals surface area contributed by atoms with E-state index >= 15 is 0 Å². The maximum Gasteiger partial charge on any atom is 0.198 e. The molecule has 0 atom stereocenters. The summed E-state index contributed by atoms with van der Waals surface area (Å²) in [7, 11) is -0.881. The van der Waals surface area contributed by atoms with Crippen LogP contribution in [0.2, 0.25) is 0 Å². The van der Waals surface area contributed by atoms with Gasteiger partial charge in [-0.15, -0.1) is 0 Å². The molecule has 13 heavy (non-hydrogen) atoms. The van der Waals surface area contributed by atoms with Crippen molar-refractivity contribution in [3.63, 3.8) is 0 Å². The third-order valence-electron chi connectivity index (χ3n) is 1.19. The number of ether oxygens (including phenoxy) is 1. The summed E-state index contributed by atoms with van der Waals surface area (Å²) in [4.78, 5) is 0. The molecule has 0 aliphatic rings. The van der Waals surface area contributed by atoms with Crippen molar-refractivity contribution in [3.05, 3.63) is 0 Å². The van der Waals surface area contributed by atoms with E-state index in [4.69, 9.17) is 18.9 Å². The van der Waals surface area contributed by atoms with Gasteiger partial charge in [0.05, 0.1) is 13.2 Å². The fourth-order valence-electron chi connectivity index (χ4n) is 0.705. The number of hydrogen-bond donors (Lipinski definition) is 1. The van der Waals surface area contributed by atoms with E-state index in [0.29, 0.717) is 32.6 Å². The molecule has 0 unspecified atom stereocenters. The van der Waals surface area contributed by atoms with E-state index in [9.17, 15) is 0 Å². The second-order valence-corrected chi connectivity index (χ2v) is 3.72. The van der Waals surface area contributed by atoms with E-state index in [1.807, 2.05) is 13.8 Å². The average molecular weight is 210 g/mol. The minimum absolute atomic E-state index is 0.168. The molecule has 0 heterocycles. The molecule has 0 aliphatic carbocycles. The molecule has 0 saturated carbocycles. The molecule has 4 nitrogen and oxygen atoms in total. The van der Waals surface area contributed by atoms with E-state index in [-0.39, 0.29) is 6.61 Å². The Morgan fingerprint density at radius 3 is 2.23 bits per heavy atom. The molecule has 0 aromatic carbocycles. The van der Waals surface area contributed by atoms with Crippen molar-refractivity contribution in [2.75, 3.05) is 32.8 Å². The smallest absolute Gasteiger partial charge is 0.198 e. The molecule has 80 valence electrons. The highest BCUT2D eigenvalue weighted by atomic mass is 31.2. The molecular weight excluding hydrogens is 191 g/mol. The summed E-state index contributed by atoms with van der Waals surface area (Å²) >= 11 is 0. The molecule has 0 radical (unpaired) electrons. The zero-order valence-corrected chi connectivity index (χ0v) is 9.26. The molecule has 0 spiro atoms. The third kappa shape index (κ3) is 8.60. The Morgan fingerprint density at radius 1 is 1.15 bits per heavy atom. The minimum atomic E-state index is -0.881. The van der Waals surface area contributed by atoms with Crippen LogP contribution in [0, 0.1) is 0 Å². The normalized spacial score (nSPS) is 11.1. The molecule has 0 rings (SSSR count). The van der Waals surface area contributed by atoms with Crippen LogP contribution in [0.15, 0.2) is 0 Å². The highest BCUT2D eigenvalue weighted by molar-refractivity contribution is 7.47. The summed E-state index contributed by atoms with van der Waals surface area (Å²) in [6.45, 7) is 5.89. The molecular formula is C8H19O4P. The van der Waals surface area contributed by atoms with Gasteiger partial charge in [0.25, 0.3) is 0 Å². The highest BCUT2D eigenvalue weighted by Gasteiger charge is 2.08. The topological polar surface area (TPSA) is 47.9 Å². The van der Waals surface area contributed by atoms with Gasteiger partial charge < -0.3 is 18.9 Å². The van der Waals surface area contributed by atoms with E-state index < -0.39 is 8.38 Å². The Labute approximate surface area is 81.1 Å². The van der Waals surface area contributed by atoms with Crippen molar-refractivity contribution in [2.24, 2.45) is 0 Å². The lowest BCUT2D eigenvalue weighted by molar-refractivity contribution is 0.133. The first-order valence-electron chi connectivity index (χ1n) is 4.57. The fourth-order valence-corrected chi connectivity index (χ4v) is 1.78.